The predicted octanol–water partition coefficient (Wildman–Crippen LogP) is -0.139. The van der Waals surface area contributed by atoms with Crippen LogP contribution in [-0.2, 0) is 16.3 Å². The Bertz CT molecular complexity index is 579. The van der Waals surface area contributed by atoms with E-state index in [1.165, 1.54) is 0 Å². The number of hydrogen-bond donors (Lipinski definition) is 3. The Hall–Kier alpha value is -1.57. The van der Waals surface area contributed by atoms with Crippen LogP contribution in [0.3, 0.4) is 0 Å². The molecule has 0 bridgehead atoms. The van der Waals surface area contributed by atoms with Crippen molar-refractivity contribution >= 4 is 21.4 Å². The first-order chi connectivity index (χ1) is 8.93. The van der Waals surface area contributed by atoms with Crippen molar-refractivity contribution in [3.8, 4) is 0 Å². The minimum absolute atomic E-state index is 0.0102. The second-order valence-electron chi connectivity index (χ2n) is 4.74. The summed E-state index contributed by atoms with van der Waals surface area (Å²) in [7, 11) is -3.04. The van der Waals surface area contributed by atoms with Crippen molar-refractivity contribution in [3.05, 3.63) is 11.4 Å². The number of rotatable bonds is 3. The van der Waals surface area contributed by atoms with Crippen LogP contribution >= 0.6 is 0 Å². The van der Waals surface area contributed by atoms with E-state index in [0.29, 0.717) is 30.6 Å². The highest BCUT2D eigenvalue weighted by atomic mass is 32.2. The van der Waals surface area contributed by atoms with Crippen molar-refractivity contribution in [2.45, 2.75) is 32.2 Å². The largest absolute Gasteiger partial charge is 0.395 e. The molecule has 0 saturated carbocycles. The summed E-state index contributed by atoms with van der Waals surface area (Å²) in [6.45, 7) is 1.90. The first kappa shape index (κ1) is 13.9. The number of aromatic nitrogens is 2. The van der Waals surface area contributed by atoms with Crippen LogP contribution < -0.4 is 11.1 Å². The number of aromatic amines is 1. The third-order valence-corrected chi connectivity index (χ3v) is 5.07. The molecule has 4 N–H and O–H groups in total. The third kappa shape index (κ3) is 3.06. The highest BCUT2D eigenvalue weighted by Gasteiger charge is 2.27. The van der Waals surface area contributed by atoms with Gasteiger partial charge in [-0.2, -0.15) is 5.10 Å². The van der Waals surface area contributed by atoms with Gasteiger partial charge in [-0.25, -0.2) is 8.42 Å². The van der Waals surface area contributed by atoms with Crippen molar-refractivity contribution in [2.75, 3.05) is 17.2 Å². The predicted molar refractivity (Wildman–Crippen MR) is 71.5 cm³/mol. The van der Waals surface area contributed by atoms with Gasteiger partial charge in [0.25, 0.3) is 5.91 Å². The Balaban J connectivity index is 2.06. The van der Waals surface area contributed by atoms with Crippen LogP contribution in [0, 0.1) is 0 Å². The number of carbonyl (C=O) groups excluding carboxylic acids is 1. The number of nitrogens with one attached hydrogen (secondary N) is 2. The van der Waals surface area contributed by atoms with Crippen molar-refractivity contribution in [1.82, 2.24) is 15.5 Å². The Labute approximate surface area is 111 Å². The zero-order valence-corrected chi connectivity index (χ0v) is 11.6. The number of H-pyrrole nitrogens is 1. The highest BCUT2D eigenvalue weighted by Crippen LogP contribution is 2.16. The molecule has 1 saturated heterocycles. The van der Waals surface area contributed by atoms with Crippen LogP contribution in [0.4, 0.5) is 5.69 Å². The maximum absolute atomic E-state index is 12.0. The van der Waals surface area contributed by atoms with Crippen molar-refractivity contribution in [2.24, 2.45) is 0 Å². The molecule has 106 valence electrons. The first-order valence-corrected chi connectivity index (χ1v) is 8.09. The average molecular weight is 286 g/mol. The van der Waals surface area contributed by atoms with E-state index >= 15 is 0 Å². The molecule has 1 fully saturated rings. The van der Waals surface area contributed by atoms with Gasteiger partial charge in [-0.1, -0.05) is 6.92 Å². The molecule has 1 aromatic rings. The second kappa shape index (κ2) is 5.20. The lowest BCUT2D eigenvalue weighted by Gasteiger charge is -2.22. The van der Waals surface area contributed by atoms with Crippen LogP contribution in [0.25, 0.3) is 0 Å². The number of hydrogen-bond acceptors (Lipinski definition) is 5. The number of aryl methyl sites for hydroxylation is 1. The fraction of sp³-hybridized carbons (Fsp3) is 0.636. The minimum atomic E-state index is -3.04. The van der Waals surface area contributed by atoms with Crippen LogP contribution in [0.15, 0.2) is 0 Å². The molecule has 1 atom stereocenters. The van der Waals surface area contributed by atoms with Crippen LogP contribution in [0.1, 0.15) is 35.9 Å². The van der Waals surface area contributed by atoms with Gasteiger partial charge in [0, 0.05) is 6.04 Å². The van der Waals surface area contributed by atoms with E-state index in [4.69, 9.17) is 5.73 Å². The monoisotopic (exact) mass is 286 g/mol. The Morgan fingerprint density at radius 1 is 1.58 bits per heavy atom. The molecule has 0 spiro atoms. The summed E-state index contributed by atoms with van der Waals surface area (Å²) in [6.07, 6.45) is 1.89. The summed E-state index contributed by atoms with van der Waals surface area (Å²) >= 11 is 0. The number of nitrogens with two attached hydrogens (primary N) is 1. The van der Waals surface area contributed by atoms with Gasteiger partial charge in [-0.15, -0.1) is 0 Å². The lowest BCUT2D eigenvalue weighted by atomic mass is 10.1. The molecular weight excluding hydrogens is 268 g/mol. The number of sulfone groups is 1. The fourth-order valence-electron chi connectivity index (χ4n) is 2.22. The fourth-order valence-corrected chi connectivity index (χ4v) is 3.86. The van der Waals surface area contributed by atoms with Gasteiger partial charge in [-0.05, 0) is 19.3 Å². The molecule has 8 heteroatoms. The topological polar surface area (TPSA) is 118 Å². The average Bonchev–Trinajstić information content (AvgIpc) is 2.69. The zero-order chi connectivity index (χ0) is 14.0. The van der Waals surface area contributed by atoms with Gasteiger partial charge in [0.15, 0.2) is 15.5 Å². The van der Waals surface area contributed by atoms with Crippen LogP contribution in [-0.4, -0.2) is 42.1 Å². The quantitative estimate of drug-likeness (QED) is 0.715. The van der Waals surface area contributed by atoms with E-state index < -0.39 is 15.7 Å². The van der Waals surface area contributed by atoms with Crippen molar-refractivity contribution in [3.63, 3.8) is 0 Å². The number of nitrogens with zero attached hydrogens (tertiary/aromatic N) is 1. The molecule has 0 aliphatic carbocycles. The maximum Gasteiger partial charge on any atom is 0.274 e. The van der Waals surface area contributed by atoms with Crippen LogP contribution in [0.5, 0.6) is 0 Å². The molecule has 1 aromatic heterocycles. The highest BCUT2D eigenvalue weighted by molar-refractivity contribution is 7.91. The molecule has 0 aromatic carbocycles. The Morgan fingerprint density at radius 3 is 2.89 bits per heavy atom. The zero-order valence-electron chi connectivity index (χ0n) is 10.8. The van der Waals surface area contributed by atoms with E-state index in [9.17, 15) is 13.2 Å². The molecule has 2 rings (SSSR count). The lowest BCUT2D eigenvalue weighted by molar-refractivity contribution is 0.0934. The molecule has 19 heavy (non-hydrogen) atoms. The van der Waals surface area contributed by atoms with Gasteiger partial charge in [0.2, 0.25) is 0 Å². The summed E-state index contributed by atoms with van der Waals surface area (Å²) in [4.78, 5) is 12.0. The van der Waals surface area contributed by atoms with Gasteiger partial charge in [-0.3, -0.25) is 9.89 Å². The van der Waals surface area contributed by atoms with E-state index in [2.05, 4.69) is 15.5 Å². The smallest absolute Gasteiger partial charge is 0.274 e. The number of amides is 1. The van der Waals surface area contributed by atoms with Gasteiger partial charge in [0.1, 0.15) is 0 Å². The summed E-state index contributed by atoms with van der Waals surface area (Å²) in [5, 5.41) is 9.27. The maximum atomic E-state index is 12.0. The molecule has 1 aliphatic heterocycles. The molecule has 1 aliphatic rings. The number of carbonyl (C=O) groups is 1. The molecule has 2 heterocycles. The molecular formula is C11H18N4O3S. The lowest BCUT2D eigenvalue weighted by Crippen LogP contribution is -2.43. The summed E-state index contributed by atoms with van der Waals surface area (Å²) < 4.78 is 23.0. The normalized spacial score (nSPS) is 22.1. The van der Waals surface area contributed by atoms with E-state index in [0.717, 1.165) is 0 Å². The summed E-state index contributed by atoms with van der Waals surface area (Å²) in [5.74, 6) is -0.233. The second-order valence-corrected chi connectivity index (χ2v) is 6.97. The molecule has 1 unspecified atom stereocenters. The van der Waals surface area contributed by atoms with Gasteiger partial charge in [0.05, 0.1) is 22.9 Å². The molecule has 0 radical (unpaired) electrons. The Kier molecular flexibility index (Phi) is 3.79. The number of anilines is 1. The van der Waals surface area contributed by atoms with Gasteiger partial charge < -0.3 is 11.1 Å². The SMILES string of the molecule is CCc1[nH]nc(C(=O)NC2CCCS(=O)(=O)C2)c1N. The van der Waals surface area contributed by atoms with E-state index in [1.54, 1.807) is 0 Å². The Morgan fingerprint density at radius 2 is 2.32 bits per heavy atom. The molecule has 1 amide bonds. The third-order valence-electron chi connectivity index (χ3n) is 3.25. The number of nitrogen functional groups attached to an aromatic ring is 1. The van der Waals surface area contributed by atoms with Gasteiger partial charge >= 0.3 is 0 Å². The van der Waals surface area contributed by atoms with Crippen molar-refractivity contribution in [1.29, 1.82) is 0 Å². The molecule has 7 nitrogen and oxygen atoms in total. The summed E-state index contributed by atoms with van der Waals surface area (Å²) in [6, 6.07) is -0.354. The summed E-state index contributed by atoms with van der Waals surface area (Å²) in [5.41, 5.74) is 6.98. The van der Waals surface area contributed by atoms with Crippen LogP contribution in [0.2, 0.25) is 0 Å². The minimum Gasteiger partial charge on any atom is -0.395 e. The first-order valence-electron chi connectivity index (χ1n) is 6.27. The standard InChI is InChI=1S/C11H18N4O3S/c1-2-8-9(12)10(15-14-8)11(16)13-7-4-3-5-19(17,18)6-7/h7H,2-6,12H2,1H3,(H,13,16)(H,14,15). The van der Waals surface area contributed by atoms with Crippen molar-refractivity contribution < 1.29 is 13.2 Å². The van der Waals surface area contributed by atoms with E-state index in [1.807, 2.05) is 6.92 Å². The van der Waals surface area contributed by atoms with E-state index in [-0.39, 0.29) is 23.2 Å².